The van der Waals surface area contributed by atoms with Crippen LogP contribution in [0.2, 0.25) is 0 Å². The van der Waals surface area contributed by atoms with Gasteiger partial charge in [-0.05, 0) is 36.8 Å². The van der Waals surface area contributed by atoms with Crippen LogP contribution in [-0.2, 0) is 9.53 Å². The largest absolute Gasteiger partial charge is 0.462 e. The number of anilines is 1. The molecule has 0 radical (unpaired) electrons. The fourth-order valence-electron chi connectivity index (χ4n) is 2.40. The Bertz CT molecular complexity index is 953. The number of aromatic nitrogens is 1. The van der Waals surface area contributed by atoms with Crippen LogP contribution in [0.15, 0.2) is 47.4 Å². The molecule has 0 bridgehead atoms. The third-order valence-electron chi connectivity index (χ3n) is 3.59. The number of hydrogen-bond donors (Lipinski definition) is 1. The Morgan fingerprint density at radius 3 is 2.73 bits per heavy atom. The van der Waals surface area contributed by atoms with Gasteiger partial charge in [0.2, 0.25) is 5.91 Å². The van der Waals surface area contributed by atoms with Crippen molar-refractivity contribution in [3.63, 3.8) is 0 Å². The minimum absolute atomic E-state index is 0.160. The summed E-state index contributed by atoms with van der Waals surface area (Å²) in [4.78, 5) is 29.7. The van der Waals surface area contributed by atoms with E-state index < -0.39 is 5.97 Å². The molecule has 3 rings (SSSR count). The van der Waals surface area contributed by atoms with Gasteiger partial charge in [-0.2, -0.15) is 0 Å². The zero-order valence-corrected chi connectivity index (χ0v) is 16.1. The van der Waals surface area contributed by atoms with Crippen LogP contribution in [0.25, 0.3) is 10.8 Å². The Morgan fingerprint density at radius 1 is 1.19 bits per heavy atom. The summed E-state index contributed by atoms with van der Waals surface area (Å²) in [5.41, 5.74) is 0.561. The molecule has 5 nitrogen and oxygen atoms in total. The van der Waals surface area contributed by atoms with Crippen molar-refractivity contribution in [3.8, 4) is 0 Å². The molecule has 0 spiro atoms. The number of ether oxygens (including phenoxy) is 1. The van der Waals surface area contributed by atoms with Gasteiger partial charge in [-0.25, -0.2) is 9.78 Å². The number of carbonyl (C=O) groups is 2. The monoisotopic (exact) mass is 386 g/mol. The number of thioether (sulfide) groups is 1. The number of fused-ring (bicyclic) bond motifs is 1. The van der Waals surface area contributed by atoms with Crippen molar-refractivity contribution in [3.05, 3.63) is 53.0 Å². The fourth-order valence-corrected chi connectivity index (χ4v) is 4.02. The van der Waals surface area contributed by atoms with Gasteiger partial charge in [0.25, 0.3) is 0 Å². The number of carbonyl (C=O) groups excluding carboxylic acids is 2. The Labute approximate surface area is 159 Å². The Hall–Kier alpha value is -2.38. The average molecular weight is 386 g/mol. The van der Waals surface area contributed by atoms with Crippen LogP contribution in [0.5, 0.6) is 0 Å². The van der Waals surface area contributed by atoms with Crippen molar-refractivity contribution in [1.29, 1.82) is 0 Å². The Morgan fingerprint density at radius 2 is 1.96 bits per heavy atom. The molecule has 1 heterocycles. The molecule has 134 valence electrons. The fraction of sp³-hybridized carbons (Fsp3) is 0.211. The highest BCUT2D eigenvalue weighted by Gasteiger charge is 2.17. The molecule has 1 N–H and O–H groups in total. The van der Waals surface area contributed by atoms with E-state index in [-0.39, 0.29) is 11.7 Å². The van der Waals surface area contributed by atoms with Crippen LogP contribution in [0.3, 0.4) is 0 Å². The minimum Gasteiger partial charge on any atom is -0.462 e. The van der Waals surface area contributed by atoms with Gasteiger partial charge in [0.1, 0.15) is 4.88 Å². The number of nitrogens with zero attached hydrogens (tertiary/aromatic N) is 1. The lowest BCUT2D eigenvalue weighted by molar-refractivity contribution is -0.113. The van der Waals surface area contributed by atoms with Gasteiger partial charge >= 0.3 is 5.97 Å². The van der Waals surface area contributed by atoms with Crippen molar-refractivity contribution in [2.24, 2.45) is 0 Å². The molecule has 0 atom stereocenters. The third-order valence-corrected chi connectivity index (χ3v) is 5.64. The van der Waals surface area contributed by atoms with Crippen molar-refractivity contribution >= 4 is 50.9 Å². The van der Waals surface area contributed by atoms with E-state index in [1.54, 1.807) is 13.8 Å². The lowest BCUT2D eigenvalue weighted by Gasteiger charge is -2.04. The van der Waals surface area contributed by atoms with Gasteiger partial charge in [-0.15, -0.1) is 11.8 Å². The molecular weight excluding hydrogens is 368 g/mol. The molecule has 3 aromatic rings. The first-order valence-corrected chi connectivity index (χ1v) is 9.93. The van der Waals surface area contributed by atoms with E-state index in [1.807, 2.05) is 24.3 Å². The van der Waals surface area contributed by atoms with Crippen LogP contribution in [0.4, 0.5) is 5.13 Å². The van der Waals surface area contributed by atoms with E-state index >= 15 is 0 Å². The zero-order chi connectivity index (χ0) is 18.5. The SMILES string of the molecule is CCOC(=O)c1sc(NC(=O)CSc2ccc3ccccc3c2)nc1C. The second-order valence-corrected chi connectivity index (χ2v) is 7.55. The molecule has 2 aromatic carbocycles. The average Bonchev–Trinajstić information content (AvgIpc) is 3.00. The van der Waals surface area contributed by atoms with Gasteiger partial charge in [-0.3, -0.25) is 4.79 Å². The molecule has 7 heteroatoms. The van der Waals surface area contributed by atoms with Gasteiger partial charge in [0.05, 0.1) is 18.1 Å². The topological polar surface area (TPSA) is 68.3 Å². The predicted molar refractivity (Wildman–Crippen MR) is 106 cm³/mol. The first kappa shape index (κ1) is 18.4. The van der Waals surface area contributed by atoms with Crippen molar-refractivity contribution in [2.45, 2.75) is 18.7 Å². The first-order valence-electron chi connectivity index (χ1n) is 8.13. The van der Waals surface area contributed by atoms with Gasteiger partial charge in [0.15, 0.2) is 5.13 Å². The highest BCUT2D eigenvalue weighted by molar-refractivity contribution is 8.00. The van der Waals surface area contributed by atoms with Crippen LogP contribution < -0.4 is 5.32 Å². The molecule has 0 unspecified atom stereocenters. The molecule has 1 aromatic heterocycles. The zero-order valence-electron chi connectivity index (χ0n) is 14.4. The van der Waals surface area contributed by atoms with Crippen LogP contribution >= 0.6 is 23.1 Å². The smallest absolute Gasteiger partial charge is 0.350 e. The second kappa shape index (κ2) is 8.33. The number of thiazole rings is 1. The lowest BCUT2D eigenvalue weighted by Crippen LogP contribution is -2.13. The molecular formula is C19H18N2O3S2. The van der Waals surface area contributed by atoms with Gasteiger partial charge in [-0.1, -0.05) is 41.7 Å². The normalized spacial score (nSPS) is 10.7. The van der Waals surface area contributed by atoms with Gasteiger partial charge < -0.3 is 10.1 Å². The maximum Gasteiger partial charge on any atom is 0.350 e. The third kappa shape index (κ3) is 4.42. The highest BCUT2D eigenvalue weighted by Crippen LogP contribution is 2.26. The number of nitrogens with one attached hydrogen (secondary N) is 1. The van der Waals surface area contributed by atoms with Crippen molar-refractivity contribution in [2.75, 3.05) is 17.7 Å². The first-order chi connectivity index (χ1) is 12.6. The maximum absolute atomic E-state index is 12.2. The molecule has 1 amide bonds. The van der Waals surface area contributed by atoms with Gasteiger partial charge in [0, 0.05) is 4.90 Å². The summed E-state index contributed by atoms with van der Waals surface area (Å²) in [5.74, 6) is -0.299. The molecule has 26 heavy (non-hydrogen) atoms. The quantitative estimate of drug-likeness (QED) is 0.499. The summed E-state index contributed by atoms with van der Waals surface area (Å²) < 4.78 is 4.98. The molecule has 0 saturated carbocycles. The summed E-state index contributed by atoms with van der Waals surface area (Å²) in [5, 5.41) is 5.48. The summed E-state index contributed by atoms with van der Waals surface area (Å²) in [6.45, 7) is 3.78. The summed E-state index contributed by atoms with van der Waals surface area (Å²) in [6.07, 6.45) is 0. The summed E-state index contributed by atoms with van der Waals surface area (Å²) >= 11 is 2.59. The molecule has 0 aliphatic rings. The van der Waals surface area contributed by atoms with E-state index in [4.69, 9.17) is 4.74 Å². The Balaban J connectivity index is 1.60. The predicted octanol–water partition coefficient (Wildman–Crippen LogP) is 4.51. The van der Waals surface area contributed by atoms with Crippen molar-refractivity contribution in [1.82, 2.24) is 4.98 Å². The van der Waals surface area contributed by atoms with Crippen LogP contribution in [-0.4, -0.2) is 29.2 Å². The molecule has 0 aliphatic carbocycles. The van der Waals surface area contributed by atoms with Crippen LogP contribution in [0, 0.1) is 6.92 Å². The van der Waals surface area contributed by atoms with E-state index in [0.717, 1.165) is 21.6 Å². The van der Waals surface area contributed by atoms with E-state index in [2.05, 4.69) is 28.5 Å². The minimum atomic E-state index is -0.409. The second-order valence-electron chi connectivity index (χ2n) is 5.50. The molecule has 0 aliphatic heterocycles. The summed E-state index contributed by atoms with van der Waals surface area (Å²) in [7, 11) is 0. The molecule has 0 fully saturated rings. The van der Waals surface area contributed by atoms with E-state index in [0.29, 0.717) is 22.3 Å². The van der Waals surface area contributed by atoms with E-state index in [1.165, 1.54) is 17.1 Å². The number of aryl methyl sites for hydroxylation is 1. The summed E-state index contributed by atoms with van der Waals surface area (Å²) in [6, 6.07) is 14.2. The molecule has 0 saturated heterocycles. The van der Waals surface area contributed by atoms with Crippen LogP contribution in [0.1, 0.15) is 22.3 Å². The van der Waals surface area contributed by atoms with Crippen molar-refractivity contribution < 1.29 is 14.3 Å². The highest BCUT2D eigenvalue weighted by atomic mass is 32.2. The standard InChI is InChI=1S/C19H18N2O3S2/c1-3-24-18(23)17-12(2)20-19(26-17)21-16(22)11-25-15-9-8-13-6-4-5-7-14(13)10-15/h4-10H,3,11H2,1-2H3,(H,20,21,22). The van der Waals surface area contributed by atoms with E-state index in [9.17, 15) is 9.59 Å². The number of amides is 1. The number of rotatable bonds is 6. The number of benzene rings is 2. The number of esters is 1. The lowest BCUT2D eigenvalue weighted by atomic mass is 10.1. The maximum atomic E-state index is 12.2. The number of hydrogen-bond acceptors (Lipinski definition) is 6. The Kier molecular flexibility index (Phi) is 5.90.